The Bertz CT molecular complexity index is 1400. The topological polar surface area (TPSA) is 141 Å². The second kappa shape index (κ2) is 10.8. The van der Waals surface area contributed by atoms with Crippen molar-refractivity contribution >= 4 is 39.9 Å². The number of furan rings is 1. The molecule has 0 aliphatic carbocycles. The van der Waals surface area contributed by atoms with Gasteiger partial charge in [-0.15, -0.1) is 0 Å². The van der Waals surface area contributed by atoms with Crippen LogP contribution in [0, 0.1) is 5.82 Å². The molecule has 182 valence electrons. The molecule has 2 aromatic carbocycles. The molecule has 0 spiro atoms. The molecule has 0 saturated heterocycles. The molecule has 10 nitrogen and oxygen atoms in total. The van der Waals surface area contributed by atoms with Gasteiger partial charge in [-0.25, -0.2) is 9.82 Å². The van der Waals surface area contributed by atoms with Crippen molar-refractivity contribution in [3.8, 4) is 0 Å². The number of anilines is 1. The summed E-state index contributed by atoms with van der Waals surface area (Å²) in [5.74, 6) is -2.21. The molecule has 0 radical (unpaired) electrons. The summed E-state index contributed by atoms with van der Waals surface area (Å²) < 4.78 is 49.5. The van der Waals surface area contributed by atoms with Gasteiger partial charge in [-0.05, 0) is 54.1 Å². The predicted molar refractivity (Wildman–Crippen MR) is 127 cm³/mol. The molecule has 35 heavy (non-hydrogen) atoms. The van der Waals surface area contributed by atoms with Crippen LogP contribution in [0.25, 0.3) is 6.08 Å². The Balaban J connectivity index is 1.82. The van der Waals surface area contributed by atoms with Gasteiger partial charge in [0.05, 0.1) is 6.21 Å². The lowest BCUT2D eigenvalue weighted by Gasteiger charge is -2.12. The van der Waals surface area contributed by atoms with E-state index < -0.39 is 32.8 Å². The zero-order chi connectivity index (χ0) is 25.6. The van der Waals surface area contributed by atoms with Crippen LogP contribution < -0.4 is 15.6 Å². The highest BCUT2D eigenvalue weighted by Gasteiger charge is 2.16. The van der Waals surface area contributed by atoms with Crippen molar-refractivity contribution in [1.82, 2.24) is 10.7 Å². The summed E-state index contributed by atoms with van der Waals surface area (Å²) in [6.45, 7) is 0. The quantitative estimate of drug-likeness (QED) is 0.187. The molecular formula is C23H21FN4O6S. The van der Waals surface area contributed by atoms with Crippen LogP contribution in [0.4, 0.5) is 10.1 Å². The number of hydrogen-bond donors (Lipinski definition) is 3. The molecule has 3 rings (SSSR count). The summed E-state index contributed by atoms with van der Waals surface area (Å²) in [6.07, 6.45) is 2.41. The minimum Gasteiger partial charge on any atom is -0.441 e. The van der Waals surface area contributed by atoms with Gasteiger partial charge in [0.15, 0.2) is 0 Å². The third-order valence-corrected chi connectivity index (χ3v) is 5.24. The number of carbonyl (C=O) groups excluding carboxylic acids is 2. The summed E-state index contributed by atoms with van der Waals surface area (Å²) in [6, 6.07) is 14.3. The number of benzene rings is 2. The van der Waals surface area contributed by atoms with Crippen LogP contribution in [-0.4, -0.2) is 45.1 Å². The molecule has 0 aliphatic rings. The van der Waals surface area contributed by atoms with Gasteiger partial charge < -0.3 is 14.6 Å². The fourth-order valence-corrected chi connectivity index (χ4v) is 3.22. The lowest BCUT2D eigenvalue weighted by molar-refractivity contribution is -0.117. The van der Waals surface area contributed by atoms with E-state index >= 15 is 0 Å². The molecule has 3 N–H and O–H groups in total. The third kappa shape index (κ3) is 7.09. The van der Waals surface area contributed by atoms with Crippen LogP contribution in [0.1, 0.15) is 21.7 Å². The molecule has 0 saturated carbocycles. The second-order valence-electron chi connectivity index (χ2n) is 7.34. The van der Waals surface area contributed by atoms with E-state index in [0.29, 0.717) is 5.56 Å². The Morgan fingerprint density at radius 3 is 2.40 bits per heavy atom. The van der Waals surface area contributed by atoms with E-state index in [9.17, 15) is 22.4 Å². The molecule has 0 fully saturated rings. The molecule has 0 atom stereocenters. The summed E-state index contributed by atoms with van der Waals surface area (Å²) in [7, 11) is -0.777. The highest BCUT2D eigenvalue weighted by Crippen LogP contribution is 2.15. The largest absolute Gasteiger partial charge is 0.441 e. The average molecular weight is 501 g/mol. The predicted octanol–water partition coefficient (Wildman–Crippen LogP) is 2.65. The standard InChI is InChI=1S/C23H21FN4O6S/c1-28(2)18-8-6-15(7-9-18)12-20(26-22(29)16-4-3-5-17(24)13-16)23(30)27-25-14-19-10-11-21(34-19)35(31,32)33/h3-14H,1-2H3,(H,26,29)(H,27,30)(H,31,32,33)/b20-12-,25-14+. The maximum absolute atomic E-state index is 13.5. The maximum atomic E-state index is 13.5. The lowest BCUT2D eigenvalue weighted by Crippen LogP contribution is -2.32. The van der Waals surface area contributed by atoms with Gasteiger partial charge >= 0.3 is 10.1 Å². The summed E-state index contributed by atoms with van der Waals surface area (Å²) in [5.41, 5.74) is 3.52. The van der Waals surface area contributed by atoms with Crippen LogP contribution in [-0.2, 0) is 14.9 Å². The van der Waals surface area contributed by atoms with Crippen LogP contribution in [0.3, 0.4) is 0 Å². The molecule has 0 bridgehead atoms. The van der Waals surface area contributed by atoms with E-state index in [4.69, 9.17) is 8.97 Å². The number of carbonyl (C=O) groups is 2. The molecule has 12 heteroatoms. The second-order valence-corrected chi connectivity index (χ2v) is 8.69. The van der Waals surface area contributed by atoms with Gasteiger partial charge in [0.25, 0.3) is 11.8 Å². The van der Waals surface area contributed by atoms with Gasteiger partial charge in [0.1, 0.15) is 17.3 Å². The van der Waals surface area contributed by atoms with Gasteiger partial charge in [0, 0.05) is 25.3 Å². The Morgan fingerprint density at radius 2 is 1.80 bits per heavy atom. The van der Waals surface area contributed by atoms with Crippen LogP contribution >= 0.6 is 0 Å². The van der Waals surface area contributed by atoms with Crippen molar-refractivity contribution in [3.05, 3.63) is 89.1 Å². The molecule has 0 unspecified atom stereocenters. The van der Waals surface area contributed by atoms with Crippen molar-refractivity contribution in [2.45, 2.75) is 5.09 Å². The van der Waals surface area contributed by atoms with Gasteiger partial charge in [-0.1, -0.05) is 18.2 Å². The number of hydrazone groups is 1. The van der Waals surface area contributed by atoms with Crippen molar-refractivity contribution in [1.29, 1.82) is 0 Å². The SMILES string of the molecule is CN(C)c1ccc(/C=C(\NC(=O)c2cccc(F)c2)C(=O)N/N=C/c2ccc(S(=O)(=O)O)o2)cc1. The Morgan fingerprint density at radius 1 is 1.09 bits per heavy atom. The number of nitrogens with zero attached hydrogens (tertiary/aromatic N) is 2. The van der Waals surface area contributed by atoms with Crippen molar-refractivity contribution in [3.63, 3.8) is 0 Å². The fraction of sp³-hybridized carbons (Fsp3) is 0.0870. The molecule has 2 amide bonds. The third-order valence-electron chi connectivity index (χ3n) is 4.51. The lowest BCUT2D eigenvalue weighted by atomic mass is 10.1. The highest BCUT2D eigenvalue weighted by molar-refractivity contribution is 7.85. The summed E-state index contributed by atoms with van der Waals surface area (Å²) >= 11 is 0. The first-order valence-corrected chi connectivity index (χ1v) is 11.4. The van der Waals surface area contributed by atoms with E-state index in [0.717, 1.165) is 24.0 Å². The first kappa shape index (κ1) is 25.3. The Hall–Kier alpha value is -4.29. The van der Waals surface area contributed by atoms with Crippen molar-refractivity contribution < 1.29 is 31.4 Å². The van der Waals surface area contributed by atoms with E-state index in [2.05, 4.69) is 15.8 Å². The van der Waals surface area contributed by atoms with Crippen molar-refractivity contribution in [2.24, 2.45) is 5.10 Å². The minimum atomic E-state index is -4.52. The molecule has 3 aromatic rings. The van der Waals surface area contributed by atoms with Crippen LogP contribution in [0.15, 0.2) is 81.0 Å². The minimum absolute atomic E-state index is 0.00323. The van der Waals surface area contributed by atoms with Crippen LogP contribution in [0.2, 0.25) is 0 Å². The first-order chi connectivity index (χ1) is 16.5. The smallest absolute Gasteiger partial charge is 0.328 e. The highest BCUT2D eigenvalue weighted by atomic mass is 32.2. The summed E-state index contributed by atoms with van der Waals surface area (Å²) in [5, 5.41) is 5.43. The van der Waals surface area contributed by atoms with E-state index in [1.165, 1.54) is 30.3 Å². The zero-order valence-electron chi connectivity index (χ0n) is 18.6. The molecule has 1 heterocycles. The maximum Gasteiger partial charge on any atom is 0.328 e. The Labute approximate surface area is 200 Å². The van der Waals surface area contributed by atoms with E-state index in [1.807, 2.05) is 31.1 Å². The Kier molecular flexibility index (Phi) is 7.79. The van der Waals surface area contributed by atoms with Crippen molar-refractivity contribution in [2.75, 3.05) is 19.0 Å². The number of halogens is 1. The average Bonchev–Trinajstić information content (AvgIpc) is 3.28. The number of rotatable bonds is 8. The van der Waals surface area contributed by atoms with E-state index in [1.54, 1.807) is 12.1 Å². The first-order valence-electron chi connectivity index (χ1n) is 9.99. The zero-order valence-corrected chi connectivity index (χ0v) is 19.4. The normalized spacial score (nSPS) is 11.9. The monoisotopic (exact) mass is 500 g/mol. The van der Waals surface area contributed by atoms with Gasteiger partial charge in [-0.3, -0.25) is 14.1 Å². The van der Waals surface area contributed by atoms with Gasteiger partial charge in [-0.2, -0.15) is 13.5 Å². The fourth-order valence-electron chi connectivity index (χ4n) is 2.78. The number of hydrogen-bond acceptors (Lipinski definition) is 7. The molecule has 0 aliphatic heterocycles. The molecular weight excluding hydrogens is 479 g/mol. The summed E-state index contributed by atoms with van der Waals surface area (Å²) in [4.78, 5) is 27.2. The number of nitrogens with one attached hydrogen (secondary N) is 2. The molecule has 1 aromatic heterocycles. The van der Waals surface area contributed by atoms with E-state index in [-0.39, 0.29) is 17.0 Å². The van der Waals surface area contributed by atoms with Gasteiger partial charge in [0.2, 0.25) is 5.09 Å². The van der Waals surface area contributed by atoms with Crippen LogP contribution in [0.5, 0.6) is 0 Å². The number of amides is 2.